The number of β-amino-alcohol motifs (C(OH)–C–C–N with tert-alkyl or cyclic N) is 1. The van der Waals surface area contributed by atoms with Gasteiger partial charge in [0.05, 0.1) is 18.7 Å². The molecule has 2 rings (SSSR count). The molecule has 0 saturated carbocycles. The Bertz CT molecular complexity index is 436. The Balaban J connectivity index is 1.65. The van der Waals surface area contributed by atoms with Crippen LogP contribution in [-0.4, -0.2) is 42.9 Å². The predicted molar refractivity (Wildman–Crippen MR) is 72.1 cm³/mol. The molecule has 0 spiro atoms. The Kier molecular flexibility index (Phi) is 4.76. The fourth-order valence-electron chi connectivity index (χ4n) is 2.09. The average molecular weight is 264 g/mol. The maximum Gasteiger partial charge on any atom is 0.237 e. The molecule has 5 nitrogen and oxygen atoms in total. The molecule has 2 atom stereocenters. The van der Waals surface area contributed by atoms with Gasteiger partial charge in [-0.2, -0.15) is 0 Å². The van der Waals surface area contributed by atoms with Crippen LogP contribution in [0, 0.1) is 6.92 Å². The van der Waals surface area contributed by atoms with Gasteiger partial charge in [-0.25, -0.2) is 0 Å². The van der Waals surface area contributed by atoms with Crippen molar-refractivity contribution >= 4 is 5.91 Å². The van der Waals surface area contributed by atoms with Crippen molar-refractivity contribution in [1.29, 1.82) is 0 Å². The number of carbonyl (C=O) groups excluding carboxylic acids is 1. The third kappa shape index (κ3) is 4.22. The molecule has 0 bridgehead atoms. The molecule has 1 aliphatic heterocycles. The van der Waals surface area contributed by atoms with E-state index in [0.29, 0.717) is 26.1 Å². The number of hydrogen-bond acceptors (Lipinski definition) is 4. The number of ether oxygens (including phenoxy) is 1. The molecule has 1 aromatic rings. The molecule has 5 heteroatoms. The minimum absolute atomic E-state index is 0.0793. The molecule has 1 saturated heterocycles. The molecule has 0 aliphatic carbocycles. The first-order valence-electron chi connectivity index (χ1n) is 6.54. The van der Waals surface area contributed by atoms with Gasteiger partial charge in [0.25, 0.3) is 0 Å². The van der Waals surface area contributed by atoms with Gasteiger partial charge in [0, 0.05) is 6.54 Å². The lowest BCUT2D eigenvalue weighted by Gasteiger charge is -2.11. The van der Waals surface area contributed by atoms with E-state index in [9.17, 15) is 9.90 Å². The zero-order chi connectivity index (χ0) is 13.7. The highest BCUT2D eigenvalue weighted by molar-refractivity contribution is 5.82. The number of aliphatic hydroxyl groups is 1. The summed E-state index contributed by atoms with van der Waals surface area (Å²) in [5, 5.41) is 15.1. The van der Waals surface area contributed by atoms with Crippen molar-refractivity contribution in [3.8, 4) is 5.75 Å². The number of rotatable bonds is 5. The van der Waals surface area contributed by atoms with Crippen molar-refractivity contribution in [2.75, 3.05) is 19.7 Å². The first kappa shape index (κ1) is 13.8. The highest BCUT2D eigenvalue weighted by atomic mass is 16.5. The Labute approximate surface area is 113 Å². The van der Waals surface area contributed by atoms with E-state index in [0.717, 1.165) is 11.3 Å². The van der Waals surface area contributed by atoms with E-state index in [1.165, 1.54) is 0 Å². The summed E-state index contributed by atoms with van der Waals surface area (Å²) >= 11 is 0. The SMILES string of the molecule is Cc1cccc(OCCNC(=O)[C@@H]2C[C@H](O)CN2)c1. The smallest absolute Gasteiger partial charge is 0.237 e. The van der Waals surface area contributed by atoms with Gasteiger partial charge >= 0.3 is 0 Å². The van der Waals surface area contributed by atoms with Crippen LogP contribution in [0.4, 0.5) is 0 Å². The standard InChI is InChI=1S/C14H20N2O3/c1-10-3-2-4-12(7-10)19-6-5-15-14(18)13-8-11(17)9-16-13/h2-4,7,11,13,16-17H,5-6,8-9H2,1H3,(H,15,18)/t11-,13-/m0/s1. The molecule has 1 heterocycles. The molecular weight excluding hydrogens is 244 g/mol. The molecule has 1 aliphatic rings. The van der Waals surface area contributed by atoms with E-state index in [2.05, 4.69) is 10.6 Å². The van der Waals surface area contributed by atoms with Gasteiger partial charge < -0.3 is 20.5 Å². The maximum absolute atomic E-state index is 11.7. The number of aliphatic hydroxyl groups excluding tert-OH is 1. The lowest BCUT2D eigenvalue weighted by molar-refractivity contribution is -0.123. The van der Waals surface area contributed by atoms with E-state index in [4.69, 9.17) is 4.74 Å². The second-order valence-electron chi connectivity index (χ2n) is 4.81. The van der Waals surface area contributed by atoms with Crippen LogP contribution in [0.1, 0.15) is 12.0 Å². The first-order chi connectivity index (χ1) is 9.15. The van der Waals surface area contributed by atoms with Crippen molar-refractivity contribution < 1.29 is 14.6 Å². The second-order valence-corrected chi connectivity index (χ2v) is 4.81. The molecule has 1 aromatic carbocycles. The molecule has 104 valence electrons. The summed E-state index contributed by atoms with van der Waals surface area (Å²) in [7, 11) is 0. The van der Waals surface area contributed by atoms with E-state index in [-0.39, 0.29) is 11.9 Å². The average Bonchev–Trinajstić information content (AvgIpc) is 2.81. The van der Waals surface area contributed by atoms with Crippen LogP contribution < -0.4 is 15.4 Å². The third-order valence-electron chi connectivity index (χ3n) is 3.08. The van der Waals surface area contributed by atoms with Crippen molar-refractivity contribution in [3.05, 3.63) is 29.8 Å². The lowest BCUT2D eigenvalue weighted by Crippen LogP contribution is -2.41. The van der Waals surface area contributed by atoms with Gasteiger partial charge in [-0.05, 0) is 31.0 Å². The van der Waals surface area contributed by atoms with Crippen LogP contribution in [0.25, 0.3) is 0 Å². The summed E-state index contributed by atoms with van der Waals surface area (Å²) in [5.41, 5.74) is 1.14. The summed E-state index contributed by atoms with van der Waals surface area (Å²) < 4.78 is 5.54. The normalized spacial score (nSPS) is 22.2. The van der Waals surface area contributed by atoms with Crippen molar-refractivity contribution in [2.24, 2.45) is 0 Å². The maximum atomic E-state index is 11.7. The van der Waals surface area contributed by atoms with Crippen LogP contribution in [0.5, 0.6) is 5.75 Å². The summed E-state index contributed by atoms with van der Waals surface area (Å²) in [6.45, 7) is 3.38. The number of amides is 1. The minimum atomic E-state index is -0.417. The number of benzene rings is 1. The molecule has 19 heavy (non-hydrogen) atoms. The van der Waals surface area contributed by atoms with E-state index in [1.807, 2.05) is 31.2 Å². The van der Waals surface area contributed by atoms with Gasteiger partial charge in [-0.15, -0.1) is 0 Å². The fraction of sp³-hybridized carbons (Fsp3) is 0.500. The Hall–Kier alpha value is -1.59. The van der Waals surface area contributed by atoms with Gasteiger partial charge in [0.2, 0.25) is 5.91 Å². The molecule has 0 aromatic heterocycles. The molecule has 1 amide bonds. The Morgan fingerprint density at radius 2 is 2.42 bits per heavy atom. The number of carbonyl (C=O) groups is 1. The monoisotopic (exact) mass is 264 g/mol. The quantitative estimate of drug-likeness (QED) is 0.665. The summed E-state index contributed by atoms with van der Waals surface area (Å²) in [6, 6.07) is 7.51. The summed E-state index contributed by atoms with van der Waals surface area (Å²) in [6.07, 6.45) is 0.0594. The second kappa shape index (κ2) is 6.54. The van der Waals surface area contributed by atoms with Gasteiger partial charge in [0.15, 0.2) is 0 Å². The number of nitrogens with one attached hydrogen (secondary N) is 2. The minimum Gasteiger partial charge on any atom is -0.492 e. The molecule has 0 unspecified atom stereocenters. The third-order valence-corrected chi connectivity index (χ3v) is 3.08. The van der Waals surface area contributed by atoms with Gasteiger partial charge in [0.1, 0.15) is 12.4 Å². The van der Waals surface area contributed by atoms with Gasteiger partial charge in [-0.1, -0.05) is 12.1 Å². The van der Waals surface area contributed by atoms with Crippen molar-refractivity contribution in [3.63, 3.8) is 0 Å². The van der Waals surface area contributed by atoms with Crippen LogP contribution in [0.15, 0.2) is 24.3 Å². The van der Waals surface area contributed by atoms with E-state index < -0.39 is 6.10 Å². The van der Waals surface area contributed by atoms with Crippen LogP contribution in [-0.2, 0) is 4.79 Å². The zero-order valence-electron chi connectivity index (χ0n) is 11.1. The topological polar surface area (TPSA) is 70.6 Å². The summed E-state index contributed by atoms with van der Waals surface area (Å²) in [4.78, 5) is 11.7. The van der Waals surface area contributed by atoms with E-state index in [1.54, 1.807) is 0 Å². The highest BCUT2D eigenvalue weighted by Crippen LogP contribution is 2.11. The Morgan fingerprint density at radius 1 is 1.58 bits per heavy atom. The zero-order valence-corrected chi connectivity index (χ0v) is 11.1. The van der Waals surface area contributed by atoms with Crippen LogP contribution in [0.2, 0.25) is 0 Å². The first-order valence-corrected chi connectivity index (χ1v) is 6.54. The van der Waals surface area contributed by atoms with Crippen LogP contribution in [0.3, 0.4) is 0 Å². The molecule has 1 fully saturated rings. The van der Waals surface area contributed by atoms with Gasteiger partial charge in [-0.3, -0.25) is 4.79 Å². The number of hydrogen-bond donors (Lipinski definition) is 3. The fourth-order valence-corrected chi connectivity index (χ4v) is 2.09. The summed E-state index contributed by atoms with van der Waals surface area (Å²) in [5.74, 6) is 0.730. The van der Waals surface area contributed by atoms with Crippen LogP contribution >= 0.6 is 0 Å². The Morgan fingerprint density at radius 3 is 3.11 bits per heavy atom. The number of aryl methyl sites for hydroxylation is 1. The molecule has 0 radical (unpaired) electrons. The predicted octanol–water partition coefficient (Wildman–Crippen LogP) is 0.213. The molecule has 3 N–H and O–H groups in total. The van der Waals surface area contributed by atoms with Crippen molar-refractivity contribution in [1.82, 2.24) is 10.6 Å². The molecular formula is C14H20N2O3. The van der Waals surface area contributed by atoms with Crippen molar-refractivity contribution in [2.45, 2.75) is 25.5 Å². The highest BCUT2D eigenvalue weighted by Gasteiger charge is 2.27. The van der Waals surface area contributed by atoms with E-state index >= 15 is 0 Å². The lowest BCUT2D eigenvalue weighted by atomic mass is 10.2. The largest absolute Gasteiger partial charge is 0.492 e.